The second-order valence-corrected chi connectivity index (χ2v) is 4.11. The van der Waals surface area contributed by atoms with Crippen LogP contribution in [0.15, 0.2) is 18.2 Å². The standard InChI is InChI=1S/C11H14N2O3/c12-8-5-1-3-7-4-2-6-9(13(15)16)10(7)11(8)14/h2,4,6,8,11,14H,1,3,5,12H2/t8-,11-/m1/s1. The van der Waals surface area contributed by atoms with Crippen molar-refractivity contribution in [2.24, 2.45) is 5.73 Å². The Morgan fingerprint density at radius 3 is 2.94 bits per heavy atom. The fraction of sp³-hybridized carbons (Fsp3) is 0.455. The molecule has 86 valence electrons. The first-order valence-electron chi connectivity index (χ1n) is 5.31. The number of fused-ring (bicyclic) bond motifs is 1. The number of nitrogens with two attached hydrogens (primary N) is 1. The summed E-state index contributed by atoms with van der Waals surface area (Å²) in [6.07, 6.45) is 1.35. The fourth-order valence-corrected chi connectivity index (χ4v) is 2.22. The fourth-order valence-electron chi connectivity index (χ4n) is 2.22. The largest absolute Gasteiger partial charge is 0.387 e. The number of aliphatic hydroxyl groups is 1. The molecule has 1 aromatic carbocycles. The van der Waals surface area contributed by atoms with Gasteiger partial charge in [0, 0.05) is 12.1 Å². The van der Waals surface area contributed by atoms with Crippen LogP contribution in [0, 0.1) is 10.1 Å². The summed E-state index contributed by atoms with van der Waals surface area (Å²) in [5, 5.41) is 20.9. The Morgan fingerprint density at radius 2 is 2.25 bits per heavy atom. The van der Waals surface area contributed by atoms with Gasteiger partial charge in [-0.25, -0.2) is 0 Å². The summed E-state index contributed by atoms with van der Waals surface area (Å²) >= 11 is 0. The first-order valence-corrected chi connectivity index (χ1v) is 5.31. The first-order chi connectivity index (χ1) is 7.61. The highest BCUT2D eigenvalue weighted by Crippen LogP contribution is 2.34. The molecule has 0 radical (unpaired) electrons. The van der Waals surface area contributed by atoms with Gasteiger partial charge in [0.05, 0.1) is 10.5 Å². The summed E-state index contributed by atoms with van der Waals surface area (Å²) < 4.78 is 0. The van der Waals surface area contributed by atoms with Crippen LogP contribution in [0.4, 0.5) is 5.69 Å². The molecule has 0 aliphatic heterocycles. The minimum atomic E-state index is -0.931. The van der Waals surface area contributed by atoms with Crippen molar-refractivity contribution in [2.75, 3.05) is 0 Å². The summed E-state index contributed by atoms with van der Waals surface area (Å²) in [5.74, 6) is 0. The van der Waals surface area contributed by atoms with Crippen LogP contribution >= 0.6 is 0 Å². The van der Waals surface area contributed by atoms with Gasteiger partial charge in [0.2, 0.25) is 0 Å². The lowest BCUT2D eigenvalue weighted by molar-refractivity contribution is -0.386. The van der Waals surface area contributed by atoms with Crippen molar-refractivity contribution >= 4 is 5.69 Å². The maximum atomic E-state index is 10.9. The van der Waals surface area contributed by atoms with Gasteiger partial charge < -0.3 is 10.8 Å². The van der Waals surface area contributed by atoms with Gasteiger partial charge in [-0.2, -0.15) is 0 Å². The van der Waals surface area contributed by atoms with Crippen molar-refractivity contribution < 1.29 is 10.0 Å². The van der Waals surface area contributed by atoms with E-state index in [1.54, 1.807) is 6.07 Å². The normalized spacial score (nSPS) is 24.6. The second-order valence-electron chi connectivity index (χ2n) is 4.11. The molecule has 0 spiro atoms. The average Bonchev–Trinajstić information content (AvgIpc) is 2.40. The summed E-state index contributed by atoms with van der Waals surface area (Å²) in [6, 6.07) is 4.48. The molecule has 0 fully saturated rings. The van der Waals surface area contributed by atoms with Crippen molar-refractivity contribution in [1.29, 1.82) is 0 Å². The molecule has 16 heavy (non-hydrogen) atoms. The predicted molar refractivity (Wildman–Crippen MR) is 59.0 cm³/mol. The van der Waals surface area contributed by atoms with Crippen molar-refractivity contribution in [2.45, 2.75) is 31.4 Å². The molecule has 1 aliphatic rings. The smallest absolute Gasteiger partial charge is 0.275 e. The van der Waals surface area contributed by atoms with Crippen LogP contribution in [0.3, 0.4) is 0 Å². The lowest BCUT2D eigenvalue weighted by atomic mass is 9.97. The minimum absolute atomic E-state index is 0.0256. The molecule has 0 aromatic heterocycles. The zero-order chi connectivity index (χ0) is 11.7. The number of rotatable bonds is 1. The third-order valence-corrected chi connectivity index (χ3v) is 3.05. The lowest BCUT2D eigenvalue weighted by Gasteiger charge is -2.17. The van der Waals surface area contributed by atoms with E-state index in [0.717, 1.165) is 18.4 Å². The number of benzene rings is 1. The SMILES string of the molecule is N[C@@H]1CCCc2cccc([N+](=O)[O-])c2[C@@H]1O. The van der Waals surface area contributed by atoms with Crippen LogP contribution in [-0.2, 0) is 6.42 Å². The van der Waals surface area contributed by atoms with Crippen molar-refractivity contribution in [3.05, 3.63) is 39.4 Å². The van der Waals surface area contributed by atoms with Gasteiger partial charge in [-0.3, -0.25) is 10.1 Å². The Morgan fingerprint density at radius 1 is 1.50 bits per heavy atom. The van der Waals surface area contributed by atoms with Gasteiger partial charge in [0.25, 0.3) is 5.69 Å². The summed E-state index contributed by atoms with van der Waals surface area (Å²) in [7, 11) is 0. The van der Waals surface area contributed by atoms with E-state index in [-0.39, 0.29) is 5.69 Å². The predicted octanol–water partition coefficient (Wildman–Crippen LogP) is 1.29. The summed E-state index contributed by atoms with van der Waals surface area (Å²) in [5.41, 5.74) is 7.01. The van der Waals surface area contributed by atoms with Crippen LogP contribution in [-0.4, -0.2) is 16.1 Å². The number of aryl methyl sites for hydroxylation is 1. The van der Waals surface area contributed by atoms with E-state index in [9.17, 15) is 15.2 Å². The molecule has 5 heteroatoms. The van der Waals surface area contributed by atoms with Gasteiger partial charge in [-0.1, -0.05) is 12.1 Å². The quantitative estimate of drug-likeness (QED) is 0.425. The van der Waals surface area contributed by atoms with E-state index in [0.29, 0.717) is 12.0 Å². The average molecular weight is 222 g/mol. The number of hydrogen-bond donors (Lipinski definition) is 2. The Balaban J connectivity index is 2.57. The van der Waals surface area contributed by atoms with Crippen molar-refractivity contribution in [1.82, 2.24) is 0 Å². The third kappa shape index (κ3) is 1.79. The van der Waals surface area contributed by atoms with Crippen LogP contribution in [0.5, 0.6) is 0 Å². The molecule has 1 aromatic rings. The van der Waals surface area contributed by atoms with Crippen LogP contribution < -0.4 is 5.73 Å². The minimum Gasteiger partial charge on any atom is -0.387 e. The molecule has 3 N–H and O–H groups in total. The van der Waals surface area contributed by atoms with E-state index in [1.165, 1.54) is 6.07 Å². The van der Waals surface area contributed by atoms with E-state index in [1.807, 2.05) is 6.07 Å². The highest BCUT2D eigenvalue weighted by molar-refractivity contribution is 5.48. The maximum Gasteiger partial charge on any atom is 0.275 e. The van der Waals surface area contributed by atoms with Gasteiger partial charge in [0.1, 0.15) is 6.10 Å². The Hall–Kier alpha value is -1.46. The molecule has 5 nitrogen and oxygen atoms in total. The highest BCUT2D eigenvalue weighted by Gasteiger charge is 2.29. The first kappa shape index (κ1) is 11.0. The zero-order valence-corrected chi connectivity index (χ0v) is 8.80. The maximum absolute atomic E-state index is 10.9. The summed E-state index contributed by atoms with van der Waals surface area (Å²) in [4.78, 5) is 10.4. The van der Waals surface area contributed by atoms with Gasteiger partial charge in [-0.05, 0) is 24.8 Å². The Kier molecular flexibility index (Phi) is 2.89. The van der Waals surface area contributed by atoms with Crippen LogP contribution in [0.25, 0.3) is 0 Å². The Labute approximate surface area is 93.0 Å². The van der Waals surface area contributed by atoms with Gasteiger partial charge in [0.15, 0.2) is 0 Å². The van der Waals surface area contributed by atoms with E-state index in [2.05, 4.69) is 0 Å². The molecular weight excluding hydrogens is 208 g/mol. The van der Waals surface area contributed by atoms with Crippen LogP contribution in [0.2, 0.25) is 0 Å². The molecule has 0 unspecified atom stereocenters. The third-order valence-electron chi connectivity index (χ3n) is 3.05. The molecule has 0 bridgehead atoms. The highest BCUT2D eigenvalue weighted by atomic mass is 16.6. The number of aliphatic hydroxyl groups excluding tert-OH is 1. The second kappa shape index (κ2) is 4.19. The topological polar surface area (TPSA) is 89.4 Å². The molecule has 0 saturated carbocycles. The van der Waals surface area contributed by atoms with Crippen LogP contribution in [0.1, 0.15) is 30.1 Å². The molecular formula is C11H14N2O3. The molecule has 0 saturated heterocycles. The number of hydrogen-bond acceptors (Lipinski definition) is 4. The van der Waals surface area contributed by atoms with E-state index in [4.69, 9.17) is 5.73 Å². The number of nitro benzene ring substituents is 1. The van der Waals surface area contributed by atoms with E-state index >= 15 is 0 Å². The molecule has 0 heterocycles. The van der Waals surface area contributed by atoms with Gasteiger partial charge in [-0.15, -0.1) is 0 Å². The Bertz CT molecular complexity index is 420. The van der Waals surface area contributed by atoms with Crippen molar-refractivity contribution in [3.8, 4) is 0 Å². The molecule has 1 aliphatic carbocycles. The molecule has 2 atom stereocenters. The number of nitro groups is 1. The zero-order valence-electron chi connectivity index (χ0n) is 8.80. The monoisotopic (exact) mass is 222 g/mol. The summed E-state index contributed by atoms with van der Waals surface area (Å²) in [6.45, 7) is 0. The number of nitrogens with zero attached hydrogens (tertiary/aromatic N) is 1. The molecule has 2 rings (SSSR count). The van der Waals surface area contributed by atoms with Gasteiger partial charge >= 0.3 is 0 Å². The van der Waals surface area contributed by atoms with Crippen molar-refractivity contribution in [3.63, 3.8) is 0 Å². The van der Waals surface area contributed by atoms with E-state index < -0.39 is 17.1 Å². The lowest BCUT2D eigenvalue weighted by Crippen LogP contribution is -2.27. The molecule has 0 amide bonds.